The average Bonchev–Trinajstić information content (AvgIpc) is 2.46. The average molecular weight is 265 g/mol. The van der Waals surface area contributed by atoms with Gasteiger partial charge in [0.25, 0.3) is 5.84 Å². The lowest BCUT2D eigenvalue weighted by Crippen LogP contribution is -2.68. The van der Waals surface area contributed by atoms with Crippen molar-refractivity contribution in [1.82, 2.24) is 5.32 Å². The first-order chi connectivity index (χ1) is 7.88. The van der Waals surface area contributed by atoms with Gasteiger partial charge < -0.3 is 0 Å². The first-order valence-corrected chi connectivity index (χ1v) is 6.42. The van der Waals surface area contributed by atoms with Crippen LogP contribution in [0.1, 0.15) is 20.3 Å². The second-order valence-electron chi connectivity index (χ2n) is 3.13. The Morgan fingerprint density at radius 2 is 1.71 bits per heavy atom. The predicted molar refractivity (Wildman–Crippen MR) is 52.4 cm³/mol. The van der Waals surface area contributed by atoms with Crippen LogP contribution in [-0.4, -0.2) is 23.5 Å². The topological polar surface area (TPSA) is 107 Å². The van der Waals surface area contributed by atoms with E-state index < -0.39 is 10.2 Å². The Hall–Kier alpha value is -0.920. The van der Waals surface area contributed by atoms with E-state index in [9.17, 15) is 0 Å². The summed E-state index contributed by atoms with van der Waals surface area (Å²) in [4.78, 5) is 0. The summed E-state index contributed by atoms with van der Waals surface area (Å²) in [6.45, 7) is 6.49. The Kier molecular flexibility index (Phi) is 7.77. The molecule has 1 aliphatic rings. The lowest BCUT2D eigenvalue weighted by atomic mass is 10.3. The molecule has 1 aliphatic heterocycles. The van der Waals surface area contributed by atoms with Crippen LogP contribution in [0.25, 0.3) is 0 Å². The van der Waals surface area contributed by atoms with Gasteiger partial charge in [0.2, 0.25) is 0 Å². The highest BCUT2D eigenvalue weighted by atomic mass is 35.7. The molecule has 0 spiro atoms. The SMILES string of the molecule is CC[N+](CC)=C1CC=CC=CN1.[O-][Cl+3]([O-])([O-])[O-]. The zero-order valence-corrected chi connectivity index (χ0v) is 10.6. The van der Waals surface area contributed by atoms with Crippen molar-refractivity contribution < 1.29 is 33.5 Å². The van der Waals surface area contributed by atoms with E-state index in [0.717, 1.165) is 19.5 Å². The molecule has 0 fully saturated rings. The summed E-state index contributed by atoms with van der Waals surface area (Å²) >= 11 is 0. The van der Waals surface area contributed by atoms with Gasteiger partial charge in [0.15, 0.2) is 0 Å². The molecule has 1 N–H and O–H groups in total. The van der Waals surface area contributed by atoms with Crippen molar-refractivity contribution in [2.75, 3.05) is 13.1 Å². The van der Waals surface area contributed by atoms with Crippen LogP contribution in [0.3, 0.4) is 0 Å². The summed E-state index contributed by atoms with van der Waals surface area (Å²) in [6.07, 6.45) is 9.26. The summed E-state index contributed by atoms with van der Waals surface area (Å²) in [7, 11) is -4.94. The molecule has 0 aliphatic carbocycles. The van der Waals surface area contributed by atoms with Gasteiger partial charge in [-0.2, -0.15) is 0 Å². The molecule has 0 bridgehead atoms. The molecular weight excluding hydrogens is 248 g/mol. The zero-order valence-electron chi connectivity index (χ0n) is 9.89. The van der Waals surface area contributed by atoms with E-state index >= 15 is 0 Å². The number of halogens is 1. The number of hydrogen-bond acceptors (Lipinski definition) is 4. The molecule has 0 aromatic rings. The summed E-state index contributed by atoms with van der Waals surface area (Å²) < 4.78 is 36.3. The molecule has 98 valence electrons. The second kappa shape index (κ2) is 8.21. The number of nitrogens with one attached hydrogen (secondary N) is 1. The van der Waals surface area contributed by atoms with Gasteiger partial charge in [0, 0.05) is 0 Å². The largest absolute Gasteiger partial charge is 0.266 e. The minimum atomic E-state index is -4.94. The van der Waals surface area contributed by atoms with Crippen molar-refractivity contribution in [3.63, 3.8) is 0 Å². The normalized spacial score (nSPS) is 14.6. The van der Waals surface area contributed by atoms with E-state index in [1.807, 2.05) is 12.3 Å². The summed E-state index contributed by atoms with van der Waals surface area (Å²) in [6, 6.07) is 0. The van der Waals surface area contributed by atoms with Crippen LogP contribution in [0.2, 0.25) is 0 Å². The molecule has 1 rings (SSSR count). The first kappa shape index (κ1) is 16.1. The smallest absolute Gasteiger partial charge is 0.253 e. The Morgan fingerprint density at radius 1 is 1.18 bits per heavy atom. The maximum Gasteiger partial charge on any atom is 0.253 e. The molecule has 0 atom stereocenters. The number of rotatable bonds is 2. The van der Waals surface area contributed by atoms with E-state index in [0.29, 0.717) is 0 Å². The van der Waals surface area contributed by atoms with E-state index in [1.165, 1.54) is 5.84 Å². The highest BCUT2D eigenvalue weighted by Crippen LogP contribution is 1.93. The second-order valence-corrected chi connectivity index (χ2v) is 3.89. The molecule has 0 saturated heterocycles. The van der Waals surface area contributed by atoms with Gasteiger partial charge in [-0.25, -0.2) is 18.6 Å². The van der Waals surface area contributed by atoms with Crippen LogP contribution in [0.4, 0.5) is 0 Å². The van der Waals surface area contributed by atoms with E-state index in [1.54, 1.807) is 0 Å². The molecule has 0 aromatic carbocycles. The maximum absolute atomic E-state index is 8.49. The Bertz CT molecular complexity index is 280. The fourth-order valence-electron chi connectivity index (χ4n) is 1.34. The third kappa shape index (κ3) is 9.98. The number of nitrogens with zero attached hydrogens (tertiary/aromatic N) is 1. The van der Waals surface area contributed by atoms with Crippen molar-refractivity contribution in [1.29, 1.82) is 0 Å². The van der Waals surface area contributed by atoms with Crippen LogP contribution in [-0.2, 0) is 0 Å². The molecule has 7 heteroatoms. The van der Waals surface area contributed by atoms with Gasteiger partial charge in [-0.15, -0.1) is 10.2 Å². The zero-order chi connectivity index (χ0) is 13.3. The molecule has 6 nitrogen and oxygen atoms in total. The predicted octanol–water partition coefficient (Wildman–Crippen LogP) is -3.26. The monoisotopic (exact) mass is 264 g/mol. The van der Waals surface area contributed by atoms with E-state index in [4.69, 9.17) is 18.6 Å². The van der Waals surface area contributed by atoms with E-state index in [2.05, 4.69) is 35.9 Å². The van der Waals surface area contributed by atoms with Crippen LogP contribution in [0.15, 0.2) is 24.4 Å². The van der Waals surface area contributed by atoms with Gasteiger partial charge in [-0.3, -0.25) is 9.89 Å². The van der Waals surface area contributed by atoms with Crippen molar-refractivity contribution in [2.24, 2.45) is 0 Å². The van der Waals surface area contributed by atoms with Crippen LogP contribution in [0.5, 0.6) is 0 Å². The molecule has 0 amide bonds. The van der Waals surface area contributed by atoms with Crippen molar-refractivity contribution in [3.05, 3.63) is 24.4 Å². The number of hydrogen-bond donors (Lipinski definition) is 1. The Balaban J connectivity index is 0.000000437. The Labute approximate surface area is 103 Å². The number of amidine groups is 1. The van der Waals surface area contributed by atoms with Gasteiger partial charge >= 0.3 is 0 Å². The molecule has 1 heterocycles. The van der Waals surface area contributed by atoms with Gasteiger partial charge in [0.1, 0.15) is 0 Å². The van der Waals surface area contributed by atoms with Crippen molar-refractivity contribution >= 4 is 5.84 Å². The summed E-state index contributed by atoms with van der Waals surface area (Å²) in [5, 5.41) is 3.28. The molecule has 0 saturated carbocycles. The molecule has 0 aromatic heterocycles. The molecule has 17 heavy (non-hydrogen) atoms. The van der Waals surface area contributed by atoms with Crippen LogP contribution in [0, 0.1) is 10.2 Å². The van der Waals surface area contributed by atoms with Gasteiger partial charge in [-0.1, -0.05) is 12.2 Å². The Morgan fingerprint density at radius 3 is 2.18 bits per heavy atom. The minimum Gasteiger partial charge on any atom is -0.266 e. The molecule has 0 radical (unpaired) electrons. The lowest BCUT2D eigenvalue weighted by Gasteiger charge is -2.17. The fourth-order valence-corrected chi connectivity index (χ4v) is 1.34. The van der Waals surface area contributed by atoms with E-state index in [-0.39, 0.29) is 0 Å². The van der Waals surface area contributed by atoms with Gasteiger partial charge in [0.05, 0.1) is 25.7 Å². The minimum absolute atomic E-state index is 1.01. The third-order valence-electron chi connectivity index (χ3n) is 2.05. The van der Waals surface area contributed by atoms with Crippen molar-refractivity contribution in [3.8, 4) is 0 Å². The fraction of sp³-hybridized carbons (Fsp3) is 0.500. The highest BCUT2D eigenvalue weighted by molar-refractivity contribution is 5.80. The summed E-state index contributed by atoms with van der Waals surface area (Å²) in [5.41, 5.74) is 0. The molecular formula is C10H17ClN2O4. The first-order valence-electron chi connectivity index (χ1n) is 5.19. The van der Waals surface area contributed by atoms with Gasteiger partial charge in [-0.05, 0) is 19.9 Å². The van der Waals surface area contributed by atoms with Crippen LogP contribution < -0.4 is 24.0 Å². The number of allylic oxidation sites excluding steroid dienone is 2. The standard InChI is InChI=1S/C10H16N2.ClHO4/c1-3-12(4-2)10-8-6-5-7-9-11-10;2-1(3,4)5/h5-7,9H,3-4,8H2,1-2H3;(H,2,3,4,5). The summed E-state index contributed by atoms with van der Waals surface area (Å²) in [5.74, 6) is 1.30. The van der Waals surface area contributed by atoms with Crippen molar-refractivity contribution in [2.45, 2.75) is 20.3 Å². The molecule has 0 unspecified atom stereocenters. The maximum atomic E-state index is 8.49. The lowest BCUT2D eigenvalue weighted by molar-refractivity contribution is -2.00. The van der Waals surface area contributed by atoms with Crippen LogP contribution >= 0.6 is 0 Å². The highest BCUT2D eigenvalue weighted by Gasteiger charge is 2.07. The third-order valence-corrected chi connectivity index (χ3v) is 2.05. The quantitative estimate of drug-likeness (QED) is 0.527.